The van der Waals surface area contributed by atoms with E-state index in [1.807, 2.05) is 0 Å². The van der Waals surface area contributed by atoms with E-state index >= 15 is 0 Å². The number of carbonyl (C=O) groups is 1. The number of carbonyl (C=O) groups excluding carboxylic acids is 1. The largest absolute Gasteiger partial charge is 0.349 e. The molecule has 1 aromatic rings. The zero-order valence-electron chi connectivity index (χ0n) is 10.6. The minimum Gasteiger partial charge on any atom is -0.349 e. The Bertz CT molecular complexity index is 519. The van der Waals surface area contributed by atoms with Gasteiger partial charge in [-0.05, 0) is 46.8 Å². The van der Waals surface area contributed by atoms with E-state index in [-0.39, 0.29) is 17.6 Å². The summed E-state index contributed by atoms with van der Waals surface area (Å²) in [5.41, 5.74) is 0.241. The average molecular weight is 327 g/mol. The predicted octanol–water partition coefficient (Wildman–Crippen LogP) is 3.28. The van der Waals surface area contributed by atoms with Crippen molar-refractivity contribution in [1.82, 2.24) is 5.32 Å². The van der Waals surface area contributed by atoms with Crippen molar-refractivity contribution in [3.63, 3.8) is 0 Å². The summed E-state index contributed by atoms with van der Waals surface area (Å²) < 4.78 is 0.379. The van der Waals surface area contributed by atoms with Gasteiger partial charge in [-0.25, -0.2) is 0 Å². The number of hydrogen-bond donors (Lipinski definition) is 1. The van der Waals surface area contributed by atoms with Gasteiger partial charge in [0.15, 0.2) is 0 Å². The van der Waals surface area contributed by atoms with E-state index in [0.717, 1.165) is 19.3 Å². The zero-order valence-corrected chi connectivity index (χ0v) is 12.1. The summed E-state index contributed by atoms with van der Waals surface area (Å²) in [5, 5.41) is 13.7. The normalized spacial score (nSPS) is 20.9. The predicted molar refractivity (Wildman–Crippen MR) is 75.1 cm³/mol. The summed E-state index contributed by atoms with van der Waals surface area (Å²) in [4.78, 5) is 22.3. The first-order valence-corrected chi connectivity index (χ1v) is 7.07. The van der Waals surface area contributed by atoms with Crippen molar-refractivity contribution < 1.29 is 9.72 Å². The van der Waals surface area contributed by atoms with E-state index in [9.17, 15) is 14.9 Å². The van der Waals surface area contributed by atoms with E-state index in [4.69, 9.17) is 0 Å². The molecule has 2 rings (SSSR count). The first kappa shape index (κ1) is 14.0. The van der Waals surface area contributed by atoms with Crippen LogP contribution in [0.2, 0.25) is 0 Å². The lowest BCUT2D eigenvalue weighted by Gasteiger charge is -2.05. The van der Waals surface area contributed by atoms with Crippen LogP contribution >= 0.6 is 15.9 Å². The number of nitro groups is 1. The third kappa shape index (κ3) is 3.32. The Morgan fingerprint density at radius 3 is 2.95 bits per heavy atom. The highest BCUT2D eigenvalue weighted by molar-refractivity contribution is 9.10. The van der Waals surface area contributed by atoms with E-state index < -0.39 is 4.92 Å². The van der Waals surface area contributed by atoms with Gasteiger partial charge in [0.1, 0.15) is 0 Å². The molecular formula is C13H15BrN2O3. The highest BCUT2D eigenvalue weighted by Crippen LogP contribution is 2.35. The molecule has 0 radical (unpaired) electrons. The number of amides is 1. The molecule has 102 valence electrons. The highest BCUT2D eigenvalue weighted by atomic mass is 79.9. The second-order valence-electron chi connectivity index (χ2n) is 4.79. The zero-order chi connectivity index (χ0) is 14.0. The number of hydrogen-bond acceptors (Lipinski definition) is 3. The number of rotatable bonds is 5. The maximum absolute atomic E-state index is 12.0. The number of nitrogens with one attached hydrogen (secondary N) is 1. The van der Waals surface area contributed by atoms with Gasteiger partial charge in [0, 0.05) is 17.7 Å². The molecule has 1 N–H and O–H groups in total. The van der Waals surface area contributed by atoms with E-state index in [0.29, 0.717) is 16.0 Å². The van der Waals surface area contributed by atoms with Crippen molar-refractivity contribution >= 4 is 27.5 Å². The van der Waals surface area contributed by atoms with Crippen LogP contribution in [0.3, 0.4) is 0 Å². The molecule has 0 aromatic heterocycles. The third-order valence-electron chi connectivity index (χ3n) is 3.30. The van der Waals surface area contributed by atoms with Gasteiger partial charge >= 0.3 is 0 Å². The van der Waals surface area contributed by atoms with Crippen LogP contribution in [0.4, 0.5) is 5.69 Å². The van der Waals surface area contributed by atoms with Crippen LogP contribution < -0.4 is 5.32 Å². The Balaban J connectivity index is 2.04. The Labute approximate surface area is 119 Å². The average Bonchev–Trinajstić information content (AvgIpc) is 3.07. The van der Waals surface area contributed by atoms with Crippen molar-refractivity contribution in [3.05, 3.63) is 38.3 Å². The third-order valence-corrected chi connectivity index (χ3v) is 3.97. The fraction of sp³-hybridized carbons (Fsp3) is 0.462. The van der Waals surface area contributed by atoms with Crippen LogP contribution in [-0.4, -0.2) is 16.9 Å². The molecule has 5 nitrogen and oxygen atoms in total. The van der Waals surface area contributed by atoms with Crippen molar-refractivity contribution in [2.45, 2.75) is 32.2 Å². The van der Waals surface area contributed by atoms with Crippen LogP contribution in [0, 0.1) is 16.0 Å². The molecule has 1 aliphatic carbocycles. The molecule has 0 bridgehead atoms. The summed E-state index contributed by atoms with van der Waals surface area (Å²) in [7, 11) is 0. The molecule has 1 fully saturated rings. The second-order valence-corrected chi connectivity index (χ2v) is 5.64. The van der Waals surface area contributed by atoms with Crippen LogP contribution in [0.1, 0.15) is 36.5 Å². The monoisotopic (exact) mass is 326 g/mol. The quantitative estimate of drug-likeness (QED) is 0.666. The van der Waals surface area contributed by atoms with E-state index in [1.165, 1.54) is 12.1 Å². The van der Waals surface area contributed by atoms with Crippen molar-refractivity contribution in [3.8, 4) is 0 Å². The molecule has 1 amide bonds. The minimum atomic E-state index is -0.502. The minimum absolute atomic E-state index is 0.0893. The van der Waals surface area contributed by atoms with Gasteiger partial charge in [-0.1, -0.05) is 13.3 Å². The van der Waals surface area contributed by atoms with Crippen molar-refractivity contribution in [2.75, 3.05) is 0 Å². The maximum Gasteiger partial charge on any atom is 0.284 e. The van der Waals surface area contributed by atoms with E-state index in [2.05, 4.69) is 28.2 Å². The smallest absolute Gasteiger partial charge is 0.284 e. The van der Waals surface area contributed by atoms with Gasteiger partial charge in [0.2, 0.25) is 0 Å². The fourth-order valence-electron chi connectivity index (χ4n) is 2.16. The Hall–Kier alpha value is -1.43. The lowest BCUT2D eigenvalue weighted by Crippen LogP contribution is -2.26. The van der Waals surface area contributed by atoms with Gasteiger partial charge in [-0.2, -0.15) is 0 Å². The molecule has 6 heteroatoms. The molecule has 0 heterocycles. The Morgan fingerprint density at radius 1 is 1.58 bits per heavy atom. The summed E-state index contributed by atoms with van der Waals surface area (Å²) in [6.45, 7) is 2.12. The molecule has 2 atom stereocenters. The van der Waals surface area contributed by atoms with Gasteiger partial charge in [-0.15, -0.1) is 0 Å². The molecular weight excluding hydrogens is 312 g/mol. The molecule has 0 saturated heterocycles. The Morgan fingerprint density at radius 2 is 2.32 bits per heavy atom. The molecule has 1 aromatic carbocycles. The highest BCUT2D eigenvalue weighted by Gasteiger charge is 2.37. The number of nitrogens with zero attached hydrogens (tertiary/aromatic N) is 1. The lowest BCUT2D eigenvalue weighted by atomic mass is 10.2. The van der Waals surface area contributed by atoms with Crippen molar-refractivity contribution in [2.24, 2.45) is 5.92 Å². The Kier molecular flexibility index (Phi) is 4.19. The molecule has 1 aliphatic rings. The summed E-state index contributed by atoms with van der Waals surface area (Å²) in [6, 6.07) is 4.65. The van der Waals surface area contributed by atoms with Crippen LogP contribution in [0.25, 0.3) is 0 Å². The van der Waals surface area contributed by atoms with Gasteiger partial charge in [0.05, 0.1) is 9.40 Å². The first-order chi connectivity index (χ1) is 9.02. The topological polar surface area (TPSA) is 72.2 Å². The number of nitro benzene ring substituents is 1. The van der Waals surface area contributed by atoms with Crippen LogP contribution in [0.15, 0.2) is 22.7 Å². The summed E-state index contributed by atoms with van der Waals surface area (Å²) in [6.07, 6.45) is 3.24. The standard InChI is InChI=1S/C13H15BrN2O3/c1-2-3-8-6-11(8)15-13(17)9-4-5-10(14)12(7-9)16(18)19/h4-5,7-8,11H,2-3,6H2,1H3,(H,15,17). The van der Waals surface area contributed by atoms with Gasteiger partial charge < -0.3 is 5.32 Å². The van der Waals surface area contributed by atoms with Gasteiger partial charge in [0.25, 0.3) is 11.6 Å². The molecule has 2 unspecified atom stereocenters. The first-order valence-electron chi connectivity index (χ1n) is 6.27. The summed E-state index contributed by atoms with van der Waals surface area (Å²) >= 11 is 3.10. The summed E-state index contributed by atoms with van der Waals surface area (Å²) in [5.74, 6) is 0.332. The second kappa shape index (κ2) is 5.69. The number of halogens is 1. The molecule has 0 spiro atoms. The van der Waals surface area contributed by atoms with Crippen LogP contribution in [-0.2, 0) is 0 Å². The molecule has 0 aliphatic heterocycles. The fourth-order valence-corrected chi connectivity index (χ4v) is 2.55. The molecule has 1 saturated carbocycles. The van der Waals surface area contributed by atoms with Crippen molar-refractivity contribution in [1.29, 1.82) is 0 Å². The lowest BCUT2D eigenvalue weighted by molar-refractivity contribution is -0.385. The maximum atomic E-state index is 12.0. The molecule has 19 heavy (non-hydrogen) atoms. The van der Waals surface area contributed by atoms with Crippen LogP contribution in [0.5, 0.6) is 0 Å². The van der Waals surface area contributed by atoms with E-state index in [1.54, 1.807) is 6.07 Å². The SMILES string of the molecule is CCCC1CC1NC(=O)c1ccc(Br)c([N+](=O)[O-])c1. The van der Waals surface area contributed by atoms with Gasteiger partial charge in [-0.3, -0.25) is 14.9 Å². The number of benzene rings is 1.